The van der Waals surface area contributed by atoms with Crippen LogP contribution in [0.2, 0.25) is 0 Å². The van der Waals surface area contributed by atoms with Gasteiger partial charge in [-0.1, -0.05) is 0 Å². The molecule has 0 amide bonds. The molecule has 0 unspecified atom stereocenters. The van der Waals surface area contributed by atoms with E-state index in [1.54, 1.807) is 0 Å². The maximum Gasteiger partial charge on any atom is 4.00 e. The Morgan fingerprint density at radius 1 is 0.400 bits per heavy atom. The van der Waals surface area contributed by atoms with Gasteiger partial charge in [-0.15, -0.1) is 0 Å². The minimum absolute atomic E-state index is 0. The number of hydrogen-bond donors (Lipinski definition) is 0. The molecule has 0 nitrogen and oxygen atoms in total. The molecule has 0 N–H and O–H groups in total. The van der Waals surface area contributed by atoms with Crippen molar-refractivity contribution in [2.45, 2.75) is 0 Å². The molecule has 5 heavy (non-hydrogen) atoms. The average Bonchev–Trinajstić information content (AvgIpc) is 0. The van der Waals surface area contributed by atoms with Crippen LogP contribution in [0.1, 0.15) is 0 Å². The summed E-state index contributed by atoms with van der Waals surface area (Å²) in [4.78, 5) is 0. The maximum absolute atomic E-state index is 0. The Balaban J connectivity index is 0. The van der Waals surface area contributed by atoms with Gasteiger partial charge in [-0.05, 0) is 0 Å². The van der Waals surface area contributed by atoms with E-state index in [1.165, 1.54) is 0 Å². The Morgan fingerprint density at radius 3 is 0.400 bits per heavy atom. The Labute approximate surface area is 87.8 Å². The summed E-state index contributed by atoms with van der Waals surface area (Å²) in [6, 6.07) is 0. The summed E-state index contributed by atoms with van der Waals surface area (Å²) in [5.74, 6) is 0. The summed E-state index contributed by atoms with van der Waals surface area (Å²) in [6.07, 6.45) is 0. The first-order valence-electron chi connectivity index (χ1n) is 0. The molecule has 0 saturated heterocycles. The van der Waals surface area contributed by atoms with Crippen molar-refractivity contribution in [2.24, 2.45) is 0 Å². The molecule has 0 aromatic carbocycles. The second-order valence-corrected chi connectivity index (χ2v) is 0. The molecule has 0 aromatic heterocycles. The quantitative estimate of drug-likeness (QED) is 0.345. The van der Waals surface area contributed by atoms with E-state index in [9.17, 15) is 0 Å². The smallest absolute Gasteiger partial charge is 1.00 e. The molecule has 0 aliphatic heterocycles. The third-order valence-corrected chi connectivity index (χ3v) is 0. The van der Waals surface area contributed by atoms with Gasteiger partial charge >= 0.3 is 21.1 Å². The van der Waals surface area contributed by atoms with Crippen LogP contribution >= 0.6 is 0 Å². The Morgan fingerprint density at radius 2 is 0.400 bits per heavy atom. The van der Waals surface area contributed by atoms with Gasteiger partial charge in [-0.25, -0.2) is 0 Å². The monoisotopic (exact) mass is 414 g/mol. The van der Waals surface area contributed by atoms with Gasteiger partial charge in [-0.2, -0.15) is 0 Å². The van der Waals surface area contributed by atoms with E-state index in [4.69, 9.17) is 0 Å². The zero-order chi connectivity index (χ0) is 0. The fourth-order valence-electron chi connectivity index (χ4n) is 0. The Bertz CT molecular complexity index is 3.61. The molecule has 0 heterocycles. The fraction of sp³-hybridized carbons (Fsp3) is 0. The maximum atomic E-state index is 0. The SMILES string of the molecule is [Br-].[Br-].[Br-].[Br-].[Mo+4]. The predicted molar refractivity (Wildman–Crippen MR) is 0 cm³/mol. The van der Waals surface area contributed by atoms with Crippen LogP contribution < -0.4 is 67.9 Å². The van der Waals surface area contributed by atoms with Crippen molar-refractivity contribution in [2.75, 3.05) is 0 Å². The topological polar surface area (TPSA) is 0 Å². The van der Waals surface area contributed by atoms with Crippen LogP contribution in [0.15, 0.2) is 0 Å². The van der Waals surface area contributed by atoms with E-state index >= 15 is 0 Å². The molecule has 0 aromatic rings. The predicted octanol–water partition coefficient (Wildman–Crippen LogP) is -12.0. The summed E-state index contributed by atoms with van der Waals surface area (Å²) in [5, 5.41) is 0. The summed E-state index contributed by atoms with van der Waals surface area (Å²) in [5.41, 5.74) is 0. The van der Waals surface area contributed by atoms with Crippen molar-refractivity contribution in [1.29, 1.82) is 0 Å². The molecule has 0 radical (unpaired) electrons. The second kappa shape index (κ2) is 30.6. The van der Waals surface area contributed by atoms with Crippen molar-refractivity contribution in [3.63, 3.8) is 0 Å². The summed E-state index contributed by atoms with van der Waals surface area (Å²) >= 11 is 0. The van der Waals surface area contributed by atoms with Crippen LogP contribution in [0, 0.1) is 0 Å². The Hall–Kier alpha value is 2.61. The molecule has 0 atom stereocenters. The van der Waals surface area contributed by atoms with Gasteiger partial charge in [-0.3, -0.25) is 0 Å². The van der Waals surface area contributed by atoms with Crippen molar-refractivity contribution in [1.82, 2.24) is 0 Å². The largest absolute Gasteiger partial charge is 4.00 e. The molecular formula is Br4Mo. The van der Waals surface area contributed by atoms with E-state index in [1.807, 2.05) is 0 Å². The number of rotatable bonds is 0. The standard InChI is InChI=1S/4BrH.Mo/h4*1H;/q;;;;+4/p-4. The molecule has 5 heteroatoms. The molecule has 0 saturated carbocycles. The van der Waals surface area contributed by atoms with Crippen molar-refractivity contribution < 1.29 is 89.0 Å². The van der Waals surface area contributed by atoms with E-state index in [2.05, 4.69) is 0 Å². The van der Waals surface area contributed by atoms with Gasteiger partial charge in [0.1, 0.15) is 0 Å². The normalized spacial score (nSPS) is 0. The molecular weight excluding hydrogens is 416 g/mol. The van der Waals surface area contributed by atoms with Gasteiger partial charge in [0.05, 0.1) is 0 Å². The first-order chi connectivity index (χ1) is 0. The van der Waals surface area contributed by atoms with Crippen LogP contribution in [-0.4, -0.2) is 0 Å². The van der Waals surface area contributed by atoms with Gasteiger partial charge in [0, 0.05) is 0 Å². The third kappa shape index (κ3) is 20.6. The fourth-order valence-corrected chi connectivity index (χ4v) is 0. The summed E-state index contributed by atoms with van der Waals surface area (Å²) in [7, 11) is 0. The molecule has 0 aliphatic carbocycles. The van der Waals surface area contributed by atoms with Crippen LogP contribution in [0.25, 0.3) is 0 Å². The molecule has 0 bridgehead atoms. The van der Waals surface area contributed by atoms with Crippen LogP contribution in [-0.2, 0) is 21.1 Å². The van der Waals surface area contributed by atoms with Crippen LogP contribution in [0.5, 0.6) is 0 Å². The molecule has 0 aliphatic rings. The zero-order valence-corrected chi connectivity index (χ0v) is 10.3. The third-order valence-electron chi connectivity index (χ3n) is 0. The number of hydrogen-bond acceptors (Lipinski definition) is 0. The first kappa shape index (κ1) is 48.8. The van der Waals surface area contributed by atoms with E-state index in [-0.39, 0.29) is 89.0 Å². The molecule has 34 valence electrons. The summed E-state index contributed by atoms with van der Waals surface area (Å²) < 4.78 is 0. The van der Waals surface area contributed by atoms with Gasteiger partial charge in [0.2, 0.25) is 0 Å². The molecule has 0 fully saturated rings. The van der Waals surface area contributed by atoms with Gasteiger partial charge in [0.25, 0.3) is 0 Å². The zero-order valence-electron chi connectivity index (χ0n) is 1.92. The van der Waals surface area contributed by atoms with Crippen LogP contribution in [0.3, 0.4) is 0 Å². The minimum atomic E-state index is 0. The minimum Gasteiger partial charge on any atom is -1.00 e. The Kier molecular flexibility index (Phi) is 298. The van der Waals surface area contributed by atoms with Crippen LogP contribution in [0.4, 0.5) is 0 Å². The average molecular weight is 416 g/mol. The molecule has 0 spiro atoms. The number of halogens is 4. The van der Waals surface area contributed by atoms with E-state index < -0.39 is 0 Å². The summed E-state index contributed by atoms with van der Waals surface area (Å²) in [6.45, 7) is 0. The van der Waals surface area contributed by atoms with Gasteiger partial charge in [0.15, 0.2) is 0 Å². The van der Waals surface area contributed by atoms with Crippen molar-refractivity contribution >= 4 is 0 Å². The van der Waals surface area contributed by atoms with E-state index in [0.29, 0.717) is 0 Å². The molecule has 0 rings (SSSR count). The van der Waals surface area contributed by atoms with Gasteiger partial charge < -0.3 is 67.9 Å². The van der Waals surface area contributed by atoms with Crippen molar-refractivity contribution in [3.8, 4) is 0 Å². The first-order valence-corrected chi connectivity index (χ1v) is 0. The van der Waals surface area contributed by atoms with E-state index in [0.717, 1.165) is 0 Å². The second-order valence-electron chi connectivity index (χ2n) is 0. The van der Waals surface area contributed by atoms with Crippen molar-refractivity contribution in [3.05, 3.63) is 0 Å².